The van der Waals surface area contributed by atoms with Gasteiger partial charge in [0, 0.05) is 33.0 Å². The molecule has 0 bridgehead atoms. The first-order chi connectivity index (χ1) is 17.3. The summed E-state index contributed by atoms with van der Waals surface area (Å²) in [6, 6.07) is 1.95. The first-order valence-corrected chi connectivity index (χ1v) is 13.0. The smallest absolute Gasteiger partial charge is 0.239 e. The molecule has 196 valence electrons. The first-order valence-electron chi connectivity index (χ1n) is 12.2. The lowest BCUT2D eigenvalue weighted by molar-refractivity contribution is -0.134. The van der Waals surface area contributed by atoms with E-state index >= 15 is 0 Å². The van der Waals surface area contributed by atoms with Crippen molar-refractivity contribution in [2.24, 2.45) is 0 Å². The number of hydrogen-bond donors (Lipinski definition) is 3. The second-order valence-electron chi connectivity index (χ2n) is 8.75. The minimum Gasteiger partial charge on any atom is -0.369 e. The maximum Gasteiger partial charge on any atom is 0.239 e. The maximum absolute atomic E-state index is 12.1. The third-order valence-corrected chi connectivity index (χ3v) is 5.82. The van der Waals surface area contributed by atoms with E-state index in [-0.39, 0.29) is 18.4 Å². The molecule has 11 heteroatoms. The third kappa shape index (κ3) is 11.0. The summed E-state index contributed by atoms with van der Waals surface area (Å²) >= 11 is 1.36. The SMILES string of the molecule is CCCNc1nc(Nc2cc(C)ns2)ncc1C#CCCCNC(=O)CN(C)C(=O)CCCN(C)C. The van der Waals surface area contributed by atoms with Gasteiger partial charge >= 0.3 is 0 Å². The van der Waals surface area contributed by atoms with Gasteiger partial charge in [-0.05, 0) is 64.4 Å². The number of amides is 2. The number of carbonyl (C=O) groups is 2. The fourth-order valence-corrected chi connectivity index (χ4v) is 3.76. The molecule has 0 saturated heterocycles. The molecule has 36 heavy (non-hydrogen) atoms. The van der Waals surface area contributed by atoms with Crippen molar-refractivity contribution in [3.8, 4) is 11.8 Å². The van der Waals surface area contributed by atoms with Crippen molar-refractivity contribution < 1.29 is 9.59 Å². The molecule has 2 heterocycles. The van der Waals surface area contributed by atoms with Gasteiger partial charge < -0.3 is 25.8 Å². The van der Waals surface area contributed by atoms with E-state index in [9.17, 15) is 9.59 Å². The number of nitrogens with one attached hydrogen (secondary N) is 3. The highest BCUT2D eigenvalue weighted by atomic mass is 32.1. The van der Waals surface area contributed by atoms with E-state index in [1.54, 1.807) is 13.2 Å². The van der Waals surface area contributed by atoms with Crippen LogP contribution in [-0.4, -0.2) is 83.3 Å². The van der Waals surface area contributed by atoms with Gasteiger partial charge in [-0.2, -0.15) is 9.36 Å². The van der Waals surface area contributed by atoms with Gasteiger partial charge in [-0.1, -0.05) is 18.8 Å². The molecule has 0 saturated carbocycles. The summed E-state index contributed by atoms with van der Waals surface area (Å²) in [6.45, 7) is 6.23. The Labute approximate surface area is 218 Å². The van der Waals surface area contributed by atoms with E-state index in [0.717, 1.165) is 42.2 Å². The Kier molecular flexibility index (Phi) is 12.6. The summed E-state index contributed by atoms with van der Waals surface area (Å²) in [4.78, 5) is 36.7. The van der Waals surface area contributed by atoms with Gasteiger partial charge in [0.1, 0.15) is 10.8 Å². The van der Waals surface area contributed by atoms with Gasteiger partial charge in [0.2, 0.25) is 17.8 Å². The Morgan fingerprint density at radius 2 is 1.97 bits per heavy atom. The summed E-state index contributed by atoms with van der Waals surface area (Å²) in [6.07, 6.45) is 5.22. The van der Waals surface area contributed by atoms with Crippen LogP contribution in [0.3, 0.4) is 0 Å². The fraction of sp³-hybridized carbons (Fsp3) is 0.560. The fourth-order valence-electron chi connectivity index (χ4n) is 3.10. The molecule has 0 atom stereocenters. The van der Waals surface area contributed by atoms with Crippen LogP contribution in [0.25, 0.3) is 0 Å². The lowest BCUT2D eigenvalue weighted by atomic mass is 10.2. The normalized spacial score (nSPS) is 10.5. The van der Waals surface area contributed by atoms with Crippen LogP contribution in [0.15, 0.2) is 12.3 Å². The van der Waals surface area contributed by atoms with Crippen LogP contribution < -0.4 is 16.0 Å². The van der Waals surface area contributed by atoms with Crippen LogP contribution in [0.5, 0.6) is 0 Å². The van der Waals surface area contributed by atoms with E-state index in [4.69, 9.17) is 0 Å². The van der Waals surface area contributed by atoms with Crippen LogP contribution >= 0.6 is 11.5 Å². The van der Waals surface area contributed by atoms with Gasteiger partial charge in [-0.15, -0.1) is 0 Å². The Morgan fingerprint density at radius 1 is 1.17 bits per heavy atom. The van der Waals surface area contributed by atoms with Crippen LogP contribution in [0.4, 0.5) is 16.8 Å². The maximum atomic E-state index is 12.1. The minimum absolute atomic E-state index is 0.0176. The quantitative estimate of drug-likeness (QED) is 0.260. The summed E-state index contributed by atoms with van der Waals surface area (Å²) < 4.78 is 4.26. The molecule has 0 aliphatic rings. The van der Waals surface area contributed by atoms with Crippen LogP contribution in [0, 0.1) is 18.8 Å². The molecule has 10 nitrogen and oxygen atoms in total. The zero-order chi connectivity index (χ0) is 26.3. The number of rotatable bonds is 14. The average molecular weight is 515 g/mol. The zero-order valence-electron chi connectivity index (χ0n) is 22.0. The second kappa shape index (κ2) is 15.7. The van der Waals surface area contributed by atoms with E-state index in [0.29, 0.717) is 37.6 Å². The van der Waals surface area contributed by atoms with Crippen molar-refractivity contribution in [3.05, 3.63) is 23.5 Å². The van der Waals surface area contributed by atoms with E-state index in [2.05, 4.69) is 49.1 Å². The number of unbranched alkanes of at least 4 members (excludes halogenated alkanes) is 1. The van der Waals surface area contributed by atoms with E-state index < -0.39 is 0 Å². The molecule has 0 spiro atoms. The number of aromatic nitrogens is 3. The van der Waals surface area contributed by atoms with Crippen molar-refractivity contribution in [2.45, 2.75) is 46.0 Å². The van der Waals surface area contributed by atoms with Crippen LogP contribution in [0.2, 0.25) is 0 Å². The van der Waals surface area contributed by atoms with Crippen LogP contribution in [0.1, 0.15) is 50.3 Å². The molecule has 2 amide bonds. The van der Waals surface area contributed by atoms with E-state index in [1.807, 2.05) is 32.0 Å². The number of aryl methyl sites for hydroxylation is 1. The highest BCUT2D eigenvalue weighted by Crippen LogP contribution is 2.21. The predicted octanol–water partition coefficient (Wildman–Crippen LogP) is 2.86. The molecule has 2 rings (SSSR count). The molecule has 0 aliphatic heterocycles. The van der Waals surface area contributed by atoms with Gasteiger partial charge in [0.15, 0.2) is 0 Å². The molecule has 0 unspecified atom stereocenters. The molecule has 0 fully saturated rings. The number of hydrogen-bond acceptors (Lipinski definition) is 9. The monoisotopic (exact) mass is 514 g/mol. The zero-order valence-corrected chi connectivity index (χ0v) is 22.8. The molecule has 2 aromatic heterocycles. The summed E-state index contributed by atoms with van der Waals surface area (Å²) in [5.41, 5.74) is 1.68. The molecule has 3 N–H and O–H groups in total. The summed E-state index contributed by atoms with van der Waals surface area (Å²) in [5, 5.41) is 10.2. The molecule has 0 aliphatic carbocycles. The topological polar surface area (TPSA) is 115 Å². The number of nitrogens with zero attached hydrogens (tertiary/aromatic N) is 5. The molecule has 2 aromatic rings. The highest BCUT2D eigenvalue weighted by molar-refractivity contribution is 7.10. The van der Waals surface area contributed by atoms with Crippen LogP contribution in [-0.2, 0) is 9.59 Å². The summed E-state index contributed by atoms with van der Waals surface area (Å²) in [7, 11) is 5.61. The lowest BCUT2D eigenvalue weighted by Crippen LogP contribution is -2.38. The molecule has 0 aromatic carbocycles. The summed E-state index contributed by atoms with van der Waals surface area (Å²) in [5.74, 6) is 7.28. The number of likely N-dealkylation sites (N-methyl/N-ethyl adjacent to an activating group) is 1. The van der Waals surface area contributed by atoms with Gasteiger partial charge in [0.05, 0.1) is 24.0 Å². The first kappa shape index (κ1) is 29.0. The van der Waals surface area contributed by atoms with Gasteiger partial charge in [0.25, 0.3) is 0 Å². The largest absolute Gasteiger partial charge is 0.369 e. The van der Waals surface area contributed by atoms with Crippen molar-refractivity contribution in [2.75, 3.05) is 58.0 Å². The minimum atomic E-state index is -0.162. The predicted molar refractivity (Wildman–Crippen MR) is 145 cm³/mol. The highest BCUT2D eigenvalue weighted by Gasteiger charge is 2.12. The van der Waals surface area contributed by atoms with Gasteiger partial charge in [-0.25, -0.2) is 4.98 Å². The number of carbonyl (C=O) groups excluding carboxylic acids is 2. The van der Waals surface area contributed by atoms with Crippen molar-refractivity contribution in [1.29, 1.82) is 0 Å². The molecular weight excluding hydrogens is 476 g/mol. The van der Waals surface area contributed by atoms with Gasteiger partial charge in [-0.3, -0.25) is 9.59 Å². The number of anilines is 3. The Balaban J connectivity index is 1.78. The second-order valence-corrected chi connectivity index (χ2v) is 9.56. The van der Waals surface area contributed by atoms with E-state index in [1.165, 1.54) is 16.4 Å². The molecule has 0 radical (unpaired) electrons. The average Bonchev–Trinajstić information content (AvgIpc) is 3.24. The molecular formula is C25H38N8O2S. The third-order valence-electron chi connectivity index (χ3n) is 5.02. The lowest BCUT2D eigenvalue weighted by Gasteiger charge is -2.17. The van der Waals surface area contributed by atoms with Crippen molar-refractivity contribution in [1.82, 2.24) is 29.5 Å². The van der Waals surface area contributed by atoms with Crippen molar-refractivity contribution >= 4 is 40.1 Å². The van der Waals surface area contributed by atoms with Crippen molar-refractivity contribution in [3.63, 3.8) is 0 Å². The Hall–Kier alpha value is -3.23. The Bertz CT molecular complexity index is 1040. The standard InChI is InChI=1S/C25H38N8O2S/c1-6-13-27-24-20(17-28-25(30-24)29-22-16-19(2)31-36-22)11-8-7-9-14-26-21(34)18-33(5)23(35)12-10-15-32(3)4/h16-17H,6-7,9-10,12-15,18H2,1-5H3,(H,26,34)(H2,27,28,29,30). The Morgan fingerprint density at radius 3 is 2.67 bits per heavy atom.